The van der Waals surface area contributed by atoms with Crippen LogP contribution in [0.1, 0.15) is 0 Å². The van der Waals surface area contributed by atoms with Crippen molar-refractivity contribution in [2.75, 3.05) is 0 Å². The van der Waals surface area contributed by atoms with Gasteiger partial charge in [0, 0.05) is 20.2 Å². The summed E-state index contributed by atoms with van der Waals surface area (Å²) >= 11 is 1.89. The van der Waals surface area contributed by atoms with Gasteiger partial charge in [0.25, 0.3) is 0 Å². The Balaban J connectivity index is 1.96. The maximum Gasteiger partial charge on any atom is 0.0362 e. The summed E-state index contributed by atoms with van der Waals surface area (Å²) < 4.78 is 2.73. The van der Waals surface area contributed by atoms with Gasteiger partial charge in [-0.25, -0.2) is 0 Å². The second-order valence-electron chi connectivity index (χ2n) is 6.58. The first-order chi connectivity index (χ1) is 12.4. The average Bonchev–Trinajstić information content (AvgIpc) is 3.04. The Bertz CT molecular complexity index is 1440. The second kappa shape index (κ2) is 4.81. The third-order valence-corrected chi connectivity index (χ3v) is 6.38. The van der Waals surface area contributed by atoms with Gasteiger partial charge in [0.2, 0.25) is 0 Å². The quantitative estimate of drug-likeness (QED) is 0.252. The van der Waals surface area contributed by atoms with Crippen molar-refractivity contribution in [2.24, 2.45) is 0 Å². The lowest BCUT2D eigenvalue weighted by atomic mass is 9.93. The molecule has 0 aliphatic carbocycles. The summed E-state index contributed by atoms with van der Waals surface area (Å²) in [6, 6.07) is 31.1. The normalized spacial score (nSPS) is 12.0. The van der Waals surface area contributed by atoms with Gasteiger partial charge in [0.1, 0.15) is 0 Å². The molecular weight excluding hydrogens is 320 g/mol. The lowest BCUT2D eigenvalue weighted by Gasteiger charge is -2.10. The van der Waals surface area contributed by atoms with Crippen LogP contribution in [0.3, 0.4) is 0 Å². The topological polar surface area (TPSA) is 0 Å². The maximum atomic E-state index is 2.40. The number of hydrogen-bond acceptors (Lipinski definition) is 1. The highest BCUT2D eigenvalue weighted by atomic mass is 32.1. The summed E-state index contributed by atoms with van der Waals surface area (Å²) in [5.41, 5.74) is 0. The van der Waals surface area contributed by atoms with Crippen LogP contribution in [0, 0.1) is 0 Å². The molecule has 0 unspecified atom stereocenters. The molecule has 6 rings (SSSR count). The van der Waals surface area contributed by atoms with Crippen LogP contribution in [-0.2, 0) is 0 Å². The van der Waals surface area contributed by atoms with E-state index >= 15 is 0 Å². The molecule has 0 spiro atoms. The van der Waals surface area contributed by atoms with Crippen LogP contribution in [-0.4, -0.2) is 0 Å². The van der Waals surface area contributed by atoms with Gasteiger partial charge in [0.05, 0.1) is 0 Å². The van der Waals surface area contributed by atoms with E-state index in [2.05, 4.69) is 84.9 Å². The number of rotatable bonds is 0. The zero-order valence-electron chi connectivity index (χ0n) is 13.5. The predicted octanol–water partition coefficient (Wildman–Crippen LogP) is 7.51. The van der Waals surface area contributed by atoms with E-state index in [0.717, 1.165) is 0 Å². The van der Waals surface area contributed by atoms with Crippen molar-refractivity contribution in [1.29, 1.82) is 0 Å². The van der Waals surface area contributed by atoms with Gasteiger partial charge in [0.15, 0.2) is 0 Å². The number of fused-ring (bicyclic) bond motifs is 9. The third-order valence-electron chi connectivity index (χ3n) is 5.24. The highest BCUT2D eigenvalue weighted by molar-refractivity contribution is 7.25. The largest absolute Gasteiger partial charge is 0.135 e. The van der Waals surface area contributed by atoms with Crippen molar-refractivity contribution in [3.8, 4) is 0 Å². The van der Waals surface area contributed by atoms with Gasteiger partial charge in [-0.3, -0.25) is 0 Å². The van der Waals surface area contributed by atoms with Gasteiger partial charge < -0.3 is 0 Å². The van der Waals surface area contributed by atoms with Crippen molar-refractivity contribution in [3.05, 3.63) is 84.9 Å². The van der Waals surface area contributed by atoms with Crippen LogP contribution >= 0.6 is 11.3 Å². The van der Waals surface area contributed by atoms with Crippen molar-refractivity contribution in [1.82, 2.24) is 0 Å². The Morgan fingerprint density at radius 3 is 1.48 bits per heavy atom. The minimum Gasteiger partial charge on any atom is -0.135 e. The highest BCUT2D eigenvalue weighted by Crippen LogP contribution is 2.41. The van der Waals surface area contributed by atoms with E-state index in [1.807, 2.05) is 11.3 Å². The summed E-state index contributed by atoms with van der Waals surface area (Å²) in [5.74, 6) is 0. The Kier molecular flexibility index (Phi) is 2.58. The van der Waals surface area contributed by atoms with Crippen molar-refractivity contribution < 1.29 is 0 Å². The first-order valence-electron chi connectivity index (χ1n) is 8.54. The minimum atomic E-state index is 1.34. The Morgan fingerprint density at radius 2 is 0.840 bits per heavy atom. The Morgan fingerprint density at radius 1 is 0.360 bits per heavy atom. The first kappa shape index (κ1) is 13.4. The Labute approximate surface area is 148 Å². The summed E-state index contributed by atoms with van der Waals surface area (Å²) in [7, 11) is 0. The molecule has 25 heavy (non-hydrogen) atoms. The molecule has 0 saturated carbocycles. The van der Waals surface area contributed by atoms with Gasteiger partial charge in [-0.15, -0.1) is 11.3 Å². The van der Waals surface area contributed by atoms with Crippen LogP contribution in [0.5, 0.6) is 0 Å². The first-order valence-corrected chi connectivity index (χ1v) is 9.36. The van der Waals surface area contributed by atoms with Gasteiger partial charge in [-0.1, -0.05) is 66.7 Å². The standard InChI is InChI=1S/C24H14S/c1-3-9-17-15(7-1)16-8-2-4-10-18(16)21-14-24-22(13-20(17)21)19-11-5-6-12-23(19)25-24/h1-14H. The molecule has 1 heteroatoms. The summed E-state index contributed by atoms with van der Waals surface area (Å²) in [4.78, 5) is 0. The zero-order valence-corrected chi connectivity index (χ0v) is 14.3. The van der Waals surface area contributed by atoms with Gasteiger partial charge in [-0.2, -0.15) is 0 Å². The molecule has 0 saturated heterocycles. The van der Waals surface area contributed by atoms with E-state index in [-0.39, 0.29) is 0 Å². The van der Waals surface area contributed by atoms with Crippen LogP contribution < -0.4 is 0 Å². The fraction of sp³-hybridized carbons (Fsp3) is 0. The Hall–Kier alpha value is -2.90. The molecule has 0 radical (unpaired) electrons. The lowest BCUT2D eigenvalue weighted by Crippen LogP contribution is -1.82. The zero-order chi connectivity index (χ0) is 16.4. The van der Waals surface area contributed by atoms with Crippen LogP contribution in [0.2, 0.25) is 0 Å². The maximum absolute atomic E-state index is 2.40. The molecule has 0 amide bonds. The molecule has 0 bridgehead atoms. The molecule has 0 atom stereocenters. The van der Waals surface area contributed by atoms with Crippen LogP contribution in [0.15, 0.2) is 84.9 Å². The SMILES string of the molecule is c1ccc2c(c1)sc1cc3c4ccccc4c4ccccc4c3cc12. The molecule has 5 aromatic carbocycles. The van der Waals surface area contributed by atoms with E-state index in [9.17, 15) is 0 Å². The number of thiophene rings is 1. The minimum absolute atomic E-state index is 1.34. The highest BCUT2D eigenvalue weighted by Gasteiger charge is 2.11. The molecule has 0 N–H and O–H groups in total. The molecular formula is C24H14S. The fourth-order valence-corrected chi connectivity index (χ4v) is 5.25. The van der Waals surface area contributed by atoms with Crippen LogP contribution in [0.4, 0.5) is 0 Å². The smallest absolute Gasteiger partial charge is 0.0362 e. The van der Waals surface area contributed by atoms with E-state index in [4.69, 9.17) is 0 Å². The summed E-state index contributed by atoms with van der Waals surface area (Å²) in [6.45, 7) is 0. The molecule has 1 heterocycles. The van der Waals surface area contributed by atoms with Crippen LogP contribution in [0.25, 0.3) is 52.5 Å². The molecule has 1 aromatic heterocycles. The molecule has 0 aliphatic rings. The van der Waals surface area contributed by atoms with Crippen molar-refractivity contribution in [2.45, 2.75) is 0 Å². The predicted molar refractivity (Wildman–Crippen MR) is 112 cm³/mol. The fourth-order valence-electron chi connectivity index (χ4n) is 4.12. The van der Waals surface area contributed by atoms with E-state index < -0.39 is 0 Å². The number of benzene rings is 5. The monoisotopic (exact) mass is 334 g/mol. The molecule has 0 fully saturated rings. The van der Waals surface area contributed by atoms with Gasteiger partial charge in [-0.05, 0) is 50.5 Å². The van der Waals surface area contributed by atoms with Crippen molar-refractivity contribution in [3.63, 3.8) is 0 Å². The van der Waals surface area contributed by atoms with Crippen molar-refractivity contribution >= 4 is 63.8 Å². The van der Waals surface area contributed by atoms with E-state index in [1.54, 1.807) is 0 Å². The lowest BCUT2D eigenvalue weighted by molar-refractivity contribution is 1.80. The molecule has 0 aliphatic heterocycles. The van der Waals surface area contributed by atoms with E-state index in [1.165, 1.54) is 52.5 Å². The molecule has 6 aromatic rings. The average molecular weight is 334 g/mol. The van der Waals surface area contributed by atoms with E-state index in [0.29, 0.717) is 0 Å². The second-order valence-corrected chi connectivity index (χ2v) is 7.67. The third kappa shape index (κ3) is 1.76. The molecule has 0 nitrogen and oxygen atoms in total. The summed E-state index contributed by atoms with van der Waals surface area (Å²) in [5, 5.41) is 10.8. The summed E-state index contributed by atoms with van der Waals surface area (Å²) in [6.07, 6.45) is 0. The molecule has 116 valence electrons. The number of hydrogen-bond donors (Lipinski definition) is 0. The van der Waals surface area contributed by atoms with Gasteiger partial charge >= 0.3 is 0 Å².